The van der Waals surface area contributed by atoms with Crippen molar-refractivity contribution in [3.63, 3.8) is 0 Å². The molecule has 0 radical (unpaired) electrons. The number of amides is 2. The average Bonchev–Trinajstić information content (AvgIpc) is 3.44. The SMILES string of the molecule is O=C1/C(=C2/C(=O)N(Cc3ccccc3)c3ccc(Br)cc32)SC(=S)N1C[C@@H]1CCCO1. The first-order chi connectivity index (χ1) is 15.0. The number of carbonyl (C=O) groups is 2. The second-order valence-electron chi connectivity index (χ2n) is 7.66. The highest BCUT2D eigenvalue weighted by Crippen LogP contribution is 2.46. The predicted octanol–water partition coefficient (Wildman–Crippen LogP) is 4.75. The van der Waals surface area contributed by atoms with Crippen molar-refractivity contribution >= 4 is 67.3 Å². The lowest BCUT2D eigenvalue weighted by Gasteiger charge is -2.18. The first kappa shape index (κ1) is 20.9. The van der Waals surface area contributed by atoms with E-state index >= 15 is 0 Å². The molecule has 31 heavy (non-hydrogen) atoms. The maximum absolute atomic E-state index is 13.6. The summed E-state index contributed by atoms with van der Waals surface area (Å²) in [5, 5.41) is 0. The molecule has 5 rings (SSSR count). The number of thioether (sulfide) groups is 1. The van der Waals surface area contributed by atoms with Gasteiger partial charge in [0.2, 0.25) is 0 Å². The highest BCUT2D eigenvalue weighted by molar-refractivity contribution is 9.10. The molecule has 0 unspecified atom stereocenters. The number of carbonyl (C=O) groups excluding carboxylic acids is 2. The van der Waals surface area contributed by atoms with E-state index in [0.717, 1.165) is 40.7 Å². The molecule has 0 saturated carbocycles. The van der Waals surface area contributed by atoms with E-state index in [2.05, 4.69) is 15.9 Å². The molecule has 3 aliphatic heterocycles. The van der Waals surface area contributed by atoms with Crippen LogP contribution in [0.3, 0.4) is 0 Å². The first-order valence-electron chi connectivity index (χ1n) is 10.1. The van der Waals surface area contributed by atoms with Gasteiger partial charge in [-0.1, -0.05) is 70.2 Å². The van der Waals surface area contributed by atoms with Gasteiger partial charge in [-0.15, -0.1) is 0 Å². The molecule has 0 aliphatic carbocycles. The summed E-state index contributed by atoms with van der Waals surface area (Å²) in [6, 6.07) is 15.6. The molecular weight excluding hydrogens is 496 g/mol. The van der Waals surface area contributed by atoms with Gasteiger partial charge in [-0.3, -0.25) is 14.5 Å². The zero-order valence-electron chi connectivity index (χ0n) is 16.5. The number of thiocarbonyl (C=S) groups is 1. The maximum Gasteiger partial charge on any atom is 0.267 e. The molecule has 2 amide bonds. The molecule has 0 aromatic heterocycles. The van der Waals surface area contributed by atoms with E-state index in [1.807, 2.05) is 48.5 Å². The number of halogens is 1. The molecule has 5 nitrogen and oxygen atoms in total. The summed E-state index contributed by atoms with van der Waals surface area (Å²) in [7, 11) is 0. The van der Waals surface area contributed by atoms with Gasteiger partial charge in [0.15, 0.2) is 0 Å². The van der Waals surface area contributed by atoms with Crippen LogP contribution in [0.4, 0.5) is 5.69 Å². The number of anilines is 1. The van der Waals surface area contributed by atoms with Gasteiger partial charge >= 0.3 is 0 Å². The Morgan fingerprint density at radius 1 is 1.10 bits per heavy atom. The van der Waals surface area contributed by atoms with Crippen LogP contribution in [-0.2, 0) is 20.9 Å². The highest BCUT2D eigenvalue weighted by atomic mass is 79.9. The first-order valence-corrected chi connectivity index (χ1v) is 12.1. The molecule has 2 aromatic carbocycles. The zero-order chi connectivity index (χ0) is 21.5. The summed E-state index contributed by atoms with van der Waals surface area (Å²) in [5.74, 6) is -0.379. The van der Waals surface area contributed by atoms with Gasteiger partial charge in [0.05, 0.1) is 35.4 Å². The van der Waals surface area contributed by atoms with Gasteiger partial charge in [0.25, 0.3) is 11.8 Å². The van der Waals surface area contributed by atoms with Crippen LogP contribution in [-0.4, -0.2) is 40.3 Å². The number of rotatable bonds is 4. The highest BCUT2D eigenvalue weighted by Gasteiger charge is 2.42. The van der Waals surface area contributed by atoms with E-state index in [1.54, 1.807) is 9.80 Å². The summed E-state index contributed by atoms with van der Waals surface area (Å²) in [4.78, 5) is 30.6. The molecule has 0 N–H and O–H groups in total. The normalized spacial score (nSPS) is 23.3. The van der Waals surface area contributed by atoms with Gasteiger partial charge in [-0.25, -0.2) is 0 Å². The van der Waals surface area contributed by atoms with Gasteiger partial charge in [-0.05, 0) is 36.6 Å². The molecule has 158 valence electrons. The molecule has 3 heterocycles. The Bertz CT molecular complexity index is 1110. The Labute approximate surface area is 198 Å². The Balaban J connectivity index is 1.53. The molecule has 2 aromatic rings. The smallest absolute Gasteiger partial charge is 0.267 e. The van der Waals surface area contributed by atoms with Gasteiger partial charge < -0.3 is 9.64 Å². The Kier molecular flexibility index (Phi) is 5.73. The minimum atomic E-state index is -0.207. The van der Waals surface area contributed by atoms with Crippen molar-refractivity contribution in [3.05, 3.63) is 69.0 Å². The van der Waals surface area contributed by atoms with Gasteiger partial charge in [0, 0.05) is 16.6 Å². The maximum atomic E-state index is 13.6. The number of benzene rings is 2. The summed E-state index contributed by atoms with van der Waals surface area (Å²) < 4.78 is 7.02. The van der Waals surface area contributed by atoms with E-state index < -0.39 is 0 Å². The molecule has 3 aliphatic rings. The van der Waals surface area contributed by atoms with Crippen molar-refractivity contribution < 1.29 is 14.3 Å². The fraction of sp³-hybridized carbons (Fsp3) is 0.261. The molecule has 1 atom stereocenters. The second kappa shape index (κ2) is 8.50. The lowest BCUT2D eigenvalue weighted by atomic mass is 10.1. The number of fused-ring (bicyclic) bond motifs is 1. The lowest BCUT2D eigenvalue weighted by Crippen LogP contribution is -2.35. The van der Waals surface area contributed by atoms with E-state index in [9.17, 15) is 9.59 Å². The van der Waals surface area contributed by atoms with Crippen LogP contribution in [0.1, 0.15) is 24.0 Å². The van der Waals surface area contributed by atoms with E-state index in [0.29, 0.717) is 27.9 Å². The largest absolute Gasteiger partial charge is 0.376 e. The standard InChI is InChI=1S/C23H19BrN2O3S2/c24-15-8-9-18-17(11-15)19(21(27)25(18)12-14-5-2-1-3-6-14)20-22(28)26(23(30)31-20)13-16-7-4-10-29-16/h1-3,5-6,8-9,11,16H,4,7,10,12-13H2/b20-19-/t16-/m0/s1. The Morgan fingerprint density at radius 2 is 1.90 bits per heavy atom. The fourth-order valence-electron chi connectivity index (χ4n) is 4.14. The molecule has 2 saturated heterocycles. The summed E-state index contributed by atoms with van der Waals surface area (Å²) in [6.45, 7) is 1.59. The van der Waals surface area contributed by atoms with Crippen molar-refractivity contribution in [1.82, 2.24) is 4.90 Å². The third-order valence-corrected chi connectivity index (χ3v) is 7.59. The topological polar surface area (TPSA) is 49.9 Å². The van der Waals surface area contributed by atoms with Crippen molar-refractivity contribution in [2.45, 2.75) is 25.5 Å². The Hall–Kier alpha value is -2.00. The quantitative estimate of drug-likeness (QED) is 0.435. The van der Waals surface area contributed by atoms with Crippen molar-refractivity contribution in [2.75, 3.05) is 18.1 Å². The number of nitrogens with zero attached hydrogens (tertiary/aromatic N) is 2. The lowest BCUT2D eigenvalue weighted by molar-refractivity contribution is -0.123. The fourth-order valence-corrected chi connectivity index (χ4v) is 5.85. The predicted molar refractivity (Wildman–Crippen MR) is 130 cm³/mol. The van der Waals surface area contributed by atoms with E-state index in [1.165, 1.54) is 11.8 Å². The zero-order valence-corrected chi connectivity index (χ0v) is 19.8. The van der Waals surface area contributed by atoms with Crippen LogP contribution < -0.4 is 4.90 Å². The van der Waals surface area contributed by atoms with Gasteiger partial charge in [-0.2, -0.15) is 0 Å². The Morgan fingerprint density at radius 3 is 2.65 bits per heavy atom. The minimum Gasteiger partial charge on any atom is -0.376 e. The van der Waals surface area contributed by atoms with Crippen LogP contribution in [0.5, 0.6) is 0 Å². The molecule has 2 fully saturated rings. The van der Waals surface area contributed by atoms with E-state index in [4.69, 9.17) is 17.0 Å². The number of hydrogen-bond donors (Lipinski definition) is 0. The van der Waals surface area contributed by atoms with Crippen LogP contribution >= 0.6 is 39.9 Å². The second-order valence-corrected chi connectivity index (χ2v) is 10.2. The molecule has 0 spiro atoms. The third kappa shape index (κ3) is 3.86. The van der Waals surface area contributed by atoms with Crippen molar-refractivity contribution in [2.24, 2.45) is 0 Å². The third-order valence-electron chi connectivity index (χ3n) is 5.65. The molecule has 0 bridgehead atoms. The minimum absolute atomic E-state index is 0.00198. The number of hydrogen-bond acceptors (Lipinski definition) is 5. The summed E-state index contributed by atoms with van der Waals surface area (Å²) in [6.07, 6.45) is 1.92. The van der Waals surface area contributed by atoms with Crippen molar-refractivity contribution in [1.29, 1.82) is 0 Å². The van der Waals surface area contributed by atoms with Crippen molar-refractivity contribution in [3.8, 4) is 0 Å². The van der Waals surface area contributed by atoms with Crippen LogP contribution in [0, 0.1) is 0 Å². The molecular formula is C23H19BrN2O3S2. The number of ether oxygens (including phenoxy) is 1. The van der Waals surface area contributed by atoms with E-state index in [-0.39, 0.29) is 17.9 Å². The monoisotopic (exact) mass is 514 g/mol. The summed E-state index contributed by atoms with van der Waals surface area (Å²) in [5.41, 5.74) is 3.01. The van der Waals surface area contributed by atoms with Gasteiger partial charge in [0.1, 0.15) is 4.32 Å². The van der Waals surface area contributed by atoms with Crippen LogP contribution in [0.15, 0.2) is 57.9 Å². The summed E-state index contributed by atoms with van der Waals surface area (Å²) >= 11 is 10.2. The molecule has 8 heteroatoms. The van der Waals surface area contributed by atoms with Crippen LogP contribution in [0.25, 0.3) is 5.57 Å². The van der Waals surface area contributed by atoms with Crippen LogP contribution in [0.2, 0.25) is 0 Å². The average molecular weight is 515 g/mol.